The van der Waals surface area contributed by atoms with Crippen LogP contribution in [0.3, 0.4) is 0 Å². The summed E-state index contributed by atoms with van der Waals surface area (Å²) in [7, 11) is 2.63. The maximum Gasteiger partial charge on any atom is 0.341 e. The van der Waals surface area contributed by atoms with Crippen LogP contribution in [0.25, 0.3) is 0 Å². The molecule has 5 heteroatoms. The van der Waals surface area contributed by atoms with E-state index in [2.05, 4.69) is 4.74 Å². The number of rotatable bonds is 4. The summed E-state index contributed by atoms with van der Waals surface area (Å²) in [5.74, 6) is -0.556. The Morgan fingerprint density at radius 3 is 2.41 bits per heavy atom. The molecular formula is C12H14O5. The molecule has 0 fully saturated rings. The number of aromatic hydroxyl groups is 1. The molecule has 17 heavy (non-hydrogen) atoms. The second kappa shape index (κ2) is 5.34. The zero-order chi connectivity index (χ0) is 13.0. The first-order valence-electron chi connectivity index (χ1n) is 4.97. The van der Waals surface area contributed by atoms with Gasteiger partial charge in [0.05, 0.1) is 14.2 Å². The number of hydrogen-bond donors (Lipinski definition) is 1. The molecule has 0 atom stereocenters. The van der Waals surface area contributed by atoms with Crippen molar-refractivity contribution in [3.8, 4) is 11.5 Å². The van der Waals surface area contributed by atoms with Gasteiger partial charge in [0.2, 0.25) is 0 Å². The lowest BCUT2D eigenvalue weighted by Crippen LogP contribution is -2.06. The van der Waals surface area contributed by atoms with Crippen LogP contribution in [-0.2, 0) is 16.0 Å². The molecule has 0 aliphatic carbocycles. The number of ketones is 1. The first-order valence-corrected chi connectivity index (χ1v) is 4.97. The van der Waals surface area contributed by atoms with Crippen LogP contribution in [-0.4, -0.2) is 31.1 Å². The van der Waals surface area contributed by atoms with E-state index in [0.29, 0.717) is 5.56 Å². The number of Topliss-reactive ketones (excluding diaryl/α,β-unsaturated/α-hetero) is 1. The van der Waals surface area contributed by atoms with Gasteiger partial charge in [0.25, 0.3) is 0 Å². The summed E-state index contributed by atoms with van der Waals surface area (Å²) in [5.41, 5.74) is 0.558. The monoisotopic (exact) mass is 238 g/mol. The number of phenols is 1. The fourth-order valence-electron chi connectivity index (χ4n) is 1.46. The van der Waals surface area contributed by atoms with E-state index in [9.17, 15) is 14.7 Å². The molecule has 0 spiro atoms. The van der Waals surface area contributed by atoms with Gasteiger partial charge in [0, 0.05) is 18.1 Å². The standard InChI is InChI=1S/C12H14O5/c1-7(13)4-8-5-9(12(15)17-3)11(16-2)6-10(8)14/h5-6,14H,4H2,1-3H3. The lowest BCUT2D eigenvalue weighted by molar-refractivity contribution is -0.116. The molecule has 0 bridgehead atoms. The molecule has 0 amide bonds. The largest absolute Gasteiger partial charge is 0.508 e. The van der Waals surface area contributed by atoms with E-state index in [1.165, 1.54) is 33.3 Å². The third kappa shape index (κ3) is 2.96. The molecule has 0 heterocycles. The van der Waals surface area contributed by atoms with Gasteiger partial charge in [0.1, 0.15) is 22.8 Å². The van der Waals surface area contributed by atoms with Crippen molar-refractivity contribution in [2.24, 2.45) is 0 Å². The number of methoxy groups -OCH3 is 2. The molecule has 5 nitrogen and oxygen atoms in total. The molecular weight excluding hydrogens is 224 g/mol. The number of carbonyl (C=O) groups is 2. The minimum absolute atomic E-state index is 0.0554. The summed E-state index contributed by atoms with van der Waals surface area (Å²) < 4.78 is 9.56. The Bertz CT molecular complexity index is 450. The molecule has 0 saturated carbocycles. The highest BCUT2D eigenvalue weighted by molar-refractivity contribution is 5.93. The first kappa shape index (κ1) is 13.0. The summed E-state index contributed by atoms with van der Waals surface area (Å²) in [6, 6.07) is 2.70. The Hall–Kier alpha value is -2.04. The van der Waals surface area contributed by atoms with E-state index in [1.807, 2.05) is 0 Å². The second-order valence-corrected chi connectivity index (χ2v) is 3.55. The predicted molar refractivity (Wildman–Crippen MR) is 60.4 cm³/mol. The van der Waals surface area contributed by atoms with Crippen molar-refractivity contribution in [2.45, 2.75) is 13.3 Å². The quantitative estimate of drug-likeness (QED) is 0.801. The predicted octanol–water partition coefficient (Wildman–Crippen LogP) is 1.32. The number of esters is 1. The van der Waals surface area contributed by atoms with E-state index in [0.717, 1.165) is 0 Å². The van der Waals surface area contributed by atoms with Crippen LogP contribution in [0, 0.1) is 0 Å². The molecule has 1 aromatic rings. The highest BCUT2D eigenvalue weighted by atomic mass is 16.5. The van der Waals surface area contributed by atoms with Crippen molar-refractivity contribution >= 4 is 11.8 Å². The maximum atomic E-state index is 11.5. The lowest BCUT2D eigenvalue weighted by Gasteiger charge is -2.10. The fourth-order valence-corrected chi connectivity index (χ4v) is 1.46. The molecule has 0 aliphatic heterocycles. The zero-order valence-corrected chi connectivity index (χ0v) is 9.94. The van der Waals surface area contributed by atoms with Gasteiger partial charge in [-0.3, -0.25) is 4.79 Å². The Morgan fingerprint density at radius 1 is 1.29 bits per heavy atom. The van der Waals surface area contributed by atoms with Gasteiger partial charge in [-0.1, -0.05) is 0 Å². The Balaban J connectivity index is 3.26. The van der Waals surface area contributed by atoms with Crippen LogP contribution < -0.4 is 4.74 Å². The molecule has 1 aromatic carbocycles. The summed E-state index contributed by atoms with van der Waals surface area (Å²) >= 11 is 0. The molecule has 1 rings (SSSR count). The van der Waals surface area contributed by atoms with E-state index < -0.39 is 5.97 Å². The number of phenolic OH excluding ortho intramolecular Hbond substituents is 1. The third-order valence-corrected chi connectivity index (χ3v) is 2.25. The SMILES string of the molecule is COC(=O)c1cc(CC(C)=O)c(O)cc1OC. The van der Waals surface area contributed by atoms with Crippen LogP contribution in [0.1, 0.15) is 22.8 Å². The number of benzene rings is 1. The van der Waals surface area contributed by atoms with Gasteiger partial charge in [-0.2, -0.15) is 0 Å². The van der Waals surface area contributed by atoms with Crippen molar-refractivity contribution in [2.75, 3.05) is 14.2 Å². The fraction of sp³-hybridized carbons (Fsp3) is 0.333. The first-order chi connectivity index (χ1) is 7.99. The minimum atomic E-state index is -0.577. The molecule has 1 N–H and O–H groups in total. The average Bonchev–Trinajstić information content (AvgIpc) is 2.29. The van der Waals surface area contributed by atoms with Crippen molar-refractivity contribution in [3.63, 3.8) is 0 Å². The smallest absolute Gasteiger partial charge is 0.341 e. The van der Waals surface area contributed by atoms with E-state index in [1.54, 1.807) is 0 Å². The molecule has 0 aliphatic rings. The summed E-state index contributed by atoms with van der Waals surface area (Å²) in [4.78, 5) is 22.5. The highest BCUT2D eigenvalue weighted by Gasteiger charge is 2.17. The van der Waals surface area contributed by atoms with Gasteiger partial charge in [-0.25, -0.2) is 4.79 Å². The lowest BCUT2D eigenvalue weighted by atomic mass is 10.0. The molecule has 92 valence electrons. The number of hydrogen-bond acceptors (Lipinski definition) is 5. The van der Waals surface area contributed by atoms with E-state index in [4.69, 9.17) is 4.74 Å². The normalized spacial score (nSPS) is 9.82. The van der Waals surface area contributed by atoms with Crippen molar-refractivity contribution in [1.82, 2.24) is 0 Å². The Kier molecular flexibility index (Phi) is 4.09. The molecule has 0 saturated heterocycles. The van der Waals surface area contributed by atoms with Crippen LogP contribution in [0.4, 0.5) is 0 Å². The van der Waals surface area contributed by atoms with Crippen molar-refractivity contribution < 1.29 is 24.2 Å². The molecule has 0 aromatic heterocycles. The number of ether oxygens (including phenoxy) is 2. The van der Waals surface area contributed by atoms with Crippen LogP contribution in [0.2, 0.25) is 0 Å². The van der Waals surface area contributed by atoms with Gasteiger partial charge in [-0.05, 0) is 13.0 Å². The van der Waals surface area contributed by atoms with E-state index in [-0.39, 0.29) is 29.3 Å². The van der Waals surface area contributed by atoms with Crippen LogP contribution >= 0.6 is 0 Å². The Labute approximate surface area is 99.0 Å². The molecule has 0 unspecified atom stereocenters. The van der Waals surface area contributed by atoms with Gasteiger partial charge in [0.15, 0.2) is 0 Å². The Morgan fingerprint density at radius 2 is 1.94 bits per heavy atom. The summed E-state index contributed by atoms with van der Waals surface area (Å²) in [5, 5.41) is 9.67. The number of carbonyl (C=O) groups excluding carboxylic acids is 2. The summed E-state index contributed by atoms with van der Waals surface area (Å²) in [6.45, 7) is 1.40. The van der Waals surface area contributed by atoms with Gasteiger partial charge in [-0.15, -0.1) is 0 Å². The maximum absolute atomic E-state index is 11.5. The highest BCUT2D eigenvalue weighted by Crippen LogP contribution is 2.29. The van der Waals surface area contributed by atoms with Gasteiger partial charge < -0.3 is 14.6 Å². The second-order valence-electron chi connectivity index (χ2n) is 3.55. The van der Waals surface area contributed by atoms with Gasteiger partial charge >= 0.3 is 5.97 Å². The summed E-state index contributed by atoms with van der Waals surface area (Å²) in [6.07, 6.45) is 0.0554. The zero-order valence-electron chi connectivity index (χ0n) is 9.94. The third-order valence-electron chi connectivity index (χ3n) is 2.25. The minimum Gasteiger partial charge on any atom is -0.508 e. The topological polar surface area (TPSA) is 72.8 Å². The van der Waals surface area contributed by atoms with Crippen molar-refractivity contribution in [1.29, 1.82) is 0 Å². The van der Waals surface area contributed by atoms with Crippen LogP contribution in [0.15, 0.2) is 12.1 Å². The van der Waals surface area contributed by atoms with Crippen LogP contribution in [0.5, 0.6) is 11.5 Å². The molecule has 0 radical (unpaired) electrons. The van der Waals surface area contributed by atoms with E-state index >= 15 is 0 Å². The average molecular weight is 238 g/mol. The van der Waals surface area contributed by atoms with Crippen molar-refractivity contribution in [3.05, 3.63) is 23.3 Å².